The van der Waals surface area contributed by atoms with Gasteiger partial charge in [0.15, 0.2) is 5.96 Å². The lowest BCUT2D eigenvalue weighted by Crippen LogP contribution is -2.46. The lowest BCUT2D eigenvalue weighted by Gasteiger charge is -2.20. The molecule has 1 aromatic carbocycles. The van der Waals surface area contributed by atoms with Crippen LogP contribution in [-0.4, -0.2) is 49.1 Å². The number of fused-ring (bicyclic) bond motifs is 3. The zero-order chi connectivity index (χ0) is 17.7. The zero-order valence-corrected chi connectivity index (χ0v) is 16.1. The molecule has 1 aromatic rings. The van der Waals surface area contributed by atoms with Gasteiger partial charge in [-0.3, -0.25) is 9.89 Å². The van der Waals surface area contributed by atoms with E-state index in [1.807, 2.05) is 0 Å². The van der Waals surface area contributed by atoms with Gasteiger partial charge in [0.1, 0.15) is 0 Å². The highest BCUT2D eigenvalue weighted by Gasteiger charge is 2.55. The van der Waals surface area contributed by atoms with Crippen molar-refractivity contribution >= 4 is 5.96 Å². The fourth-order valence-corrected chi connectivity index (χ4v) is 5.36. The van der Waals surface area contributed by atoms with Crippen LogP contribution in [0.2, 0.25) is 0 Å². The third kappa shape index (κ3) is 3.02. The first-order valence-electron chi connectivity index (χ1n) is 10.6. The Balaban J connectivity index is 1.20. The predicted molar refractivity (Wildman–Crippen MR) is 107 cm³/mol. The van der Waals surface area contributed by atoms with Crippen LogP contribution in [0.4, 0.5) is 0 Å². The molecule has 0 amide bonds. The minimum Gasteiger partial charge on any atom is -0.357 e. The number of rotatable bonds is 5. The molecule has 5 unspecified atom stereocenters. The molecule has 0 aromatic heterocycles. The Bertz CT molecular complexity index is 695. The number of likely N-dealkylation sites (tertiary alicyclic amines) is 1. The summed E-state index contributed by atoms with van der Waals surface area (Å²) in [7, 11) is 0. The highest BCUT2D eigenvalue weighted by atomic mass is 15.3. The van der Waals surface area contributed by atoms with Crippen LogP contribution in [0.15, 0.2) is 29.3 Å². The van der Waals surface area contributed by atoms with E-state index in [1.54, 1.807) is 11.1 Å². The maximum absolute atomic E-state index is 4.99. The minimum atomic E-state index is 0.535. The molecule has 140 valence electrons. The average Bonchev–Trinajstić information content (AvgIpc) is 3.53. The van der Waals surface area contributed by atoms with Gasteiger partial charge in [0, 0.05) is 38.3 Å². The Morgan fingerprint density at radius 3 is 2.88 bits per heavy atom. The molecule has 5 atom stereocenters. The van der Waals surface area contributed by atoms with Crippen molar-refractivity contribution in [3.8, 4) is 0 Å². The molecule has 2 N–H and O–H groups in total. The molecule has 2 saturated carbocycles. The number of hydrogen-bond donors (Lipinski definition) is 2. The molecule has 4 nitrogen and oxygen atoms in total. The van der Waals surface area contributed by atoms with Gasteiger partial charge in [-0.1, -0.05) is 31.2 Å². The van der Waals surface area contributed by atoms with Gasteiger partial charge in [-0.15, -0.1) is 0 Å². The summed E-state index contributed by atoms with van der Waals surface area (Å²) in [5.74, 6) is 4.10. The molecule has 4 aliphatic rings. The Labute approximate surface area is 157 Å². The number of aliphatic imine (C=N–C) groups is 1. The molecular weight excluding hydrogens is 320 g/mol. The van der Waals surface area contributed by atoms with Crippen molar-refractivity contribution in [1.29, 1.82) is 0 Å². The van der Waals surface area contributed by atoms with E-state index >= 15 is 0 Å². The smallest absolute Gasteiger partial charge is 0.191 e. The molecule has 3 fully saturated rings. The summed E-state index contributed by atoms with van der Waals surface area (Å²) in [5, 5.41) is 7.22. The molecular formula is C22H32N4. The second-order valence-corrected chi connectivity index (χ2v) is 8.89. The van der Waals surface area contributed by atoms with Crippen LogP contribution < -0.4 is 10.6 Å². The highest BCUT2D eigenvalue weighted by molar-refractivity contribution is 5.80. The topological polar surface area (TPSA) is 39.7 Å². The molecule has 4 heteroatoms. The molecule has 5 rings (SSSR count). The second-order valence-electron chi connectivity index (χ2n) is 8.89. The van der Waals surface area contributed by atoms with E-state index < -0.39 is 0 Å². The Morgan fingerprint density at radius 2 is 2.08 bits per heavy atom. The predicted octanol–water partition coefficient (Wildman–Crippen LogP) is 2.61. The van der Waals surface area contributed by atoms with E-state index in [2.05, 4.69) is 53.6 Å². The summed E-state index contributed by atoms with van der Waals surface area (Å²) >= 11 is 0. The summed E-state index contributed by atoms with van der Waals surface area (Å²) in [6.07, 6.45) is 4.07. The number of guanidine groups is 1. The van der Waals surface area contributed by atoms with Crippen LogP contribution in [0, 0.1) is 17.8 Å². The molecule has 26 heavy (non-hydrogen) atoms. The number of nitrogens with one attached hydrogen (secondary N) is 2. The summed E-state index contributed by atoms with van der Waals surface area (Å²) < 4.78 is 0. The van der Waals surface area contributed by atoms with Crippen LogP contribution in [0.3, 0.4) is 0 Å². The maximum Gasteiger partial charge on any atom is 0.191 e. The zero-order valence-electron chi connectivity index (χ0n) is 16.1. The molecule has 0 bridgehead atoms. The molecule has 0 spiro atoms. The van der Waals surface area contributed by atoms with Gasteiger partial charge in [-0.2, -0.15) is 0 Å². The van der Waals surface area contributed by atoms with Gasteiger partial charge in [0.05, 0.1) is 0 Å². The summed E-state index contributed by atoms with van der Waals surface area (Å²) in [4.78, 5) is 7.66. The van der Waals surface area contributed by atoms with Crippen molar-refractivity contribution in [3.05, 3.63) is 35.4 Å². The van der Waals surface area contributed by atoms with Crippen LogP contribution in [0.5, 0.6) is 0 Å². The number of hydrogen-bond acceptors (Lipinski definition) is 2. The largest absolute Gasteiger partial charge is 0.357 e. The van der Waals surface area contributed by atoms with Gasteiger partial charge >= 0.3 is 0 Å². The average molecular weight is 353 g/mol. The minimum absolute atomic E-state index is 0.535. The summed E-state index contributed by atoms with van der Waals surface area (Å²) in [5.41, 5.74) is 3.17. The van der Waals surface area contributed by atoms with E-state index in [4.69, 9.17) is 4.99 Å². The Kier molecular flexibility index (Phi) is 4.19. The lowest BCUT2D eigenvalue weighted by molar-refractivity contribution is 0.315. The Hall–Kier alpha value is -1.55. The van der Waals surface area contributed by atoms with E-state index in [9.17, 15) is 0 Å². The van der Waals surface area contributed by atoms with Gasteiger partial charge in [0.25, 0.3) is 0 Å². The molecule has 3 aliphatic carbocycles. The second kappa shape index (κ2) is 6.56. The molecule has 0 radical (unpaired) electrons. The van der Waals surface area contributed by atoms with Gasteiger partial charge in [0.2, 0.25) is 0 Å². The molecule has 1 heterocycles. The van der Waals surface area contributed by atoms with E-state index in [1.165, 1.54) is 32.4 Å². The van der Waals surface area contributed by atoms with Crippen LogP contribution in [0.1, 0.15) is 43.7 Å². The fourth-order valence-electron chi connectivity index (χ4n) is 5.36. The van der Waals surface area contributed by atoms with E-state index in [0.29, 0.717) is 12.0 Å². The lowest BCUT2D eigenvalue weighted by atomic mass is 10.0. The van der Waals surface area contributed by atoms with Crippen molar-refractivity contribution in [1.82, 2.24) is 15.5 Å². The van der Waals surface area contributed by atoms with Crippen molar-refractivity contribution in [2.75, 3.05) is 26.2 Å². The summed E-state index contributed by atoms with van der Waals surface area (Å²) in [6.45, 7) is 8.86. The monoisotopic (exact) mass is 352 g/mol. The van der Waals surface area contributed by atoms with Crippen molar-refractivity contribution in [2.45, 2.75) is 51.1 Å². The van der Waals surface area contributed by atoms with Crippen molar-refractivity contribution in [2.24, 2.45) is 22.7 Å². The fraction of sp³-hybridized carbons (Fsp3) is 0.682. The number of nitrogens with zero attached hydrogens (tertiary/aromatic N) is 2. The maximum atomic E-state index is 4.99. The molecule has 1 saturated heterocycles. The SMILES string of the molecule is CCNC(=NCC1C2Cc3ccccc3C12)NC1CN(C2CC2)CC1C. The quantitative estimate of drug-likeness (QED) is 0.632. The van der Waals surface area contributed by atoms with Crippen LogP contribution in [-0.2, 0) is 6.42 Å². The van der Waals surface area contributed by atoms with Gasteiger partial charge in [-0.25, -0.2) is 0 Å². The third-order valence-electron chi connectivity index (χ3n) is 7.03. The van der Waals surface area contributed by atoms with E-state index in [0.717, 1.165) is 42.8 Å². The van der Waals surface area contributed by atoms with Gasteiger partial charge in [-0.05, 0) is 61.0 Å². The standard InChI is InChI=1S/C22H32N4/c1-3-23-22(25-20-13-26(12-14(20)2)16-8-9-16)24-11-19-18-10-15-6-4-5-7-17(15)21(18)19/h4-7,14,16,18-21H,3,8-13H2,1-2H3,(H2,23,24,25). The first-order valence-corrected chi connectivity index (χ1v) is 10.6. The normalized spacial score (nSPS) is 35.9. The van der Waals surface area contributed by atoms with Crippen LogP contribution in [0.25, 0.3) is 0 Å². The number of benzene rings is 1. The van der Waals surface area contributed by atoms with Crippen molar-refractivity contribution < 1.29 is 0 Å². The first kappa shape index (κ1) is 16.6. The molecule has 1 aliphatic heterocycles. The third-order valence-corrected chi connectivity index (χ3v) is 7.03. The van der Waals surface area contributed by atoms with E-state index in [-0.39, 0.29) is 0 Å². The highest BCUT2D eigenvalue weighted by Crippen LogP contribution is 2.61. The summed E-state index contributed by atoms with van der Waals surface area (Å²) in [6, 6.07) is 10.4. The van der Waals surface area contributed by atoms with Crippen LogP contribution >= 0.6 is 0 Å². The van der Waals surface area contributed by atoms with Crippen molar-refractivity contribution in [3.63, 3.8) is 0 Å². The first-order chi connectivity index (χ1) is 12.7. The Morgan fingerprint density at radius 1 is 1.23 bits per heavy atom. The van der Waals surface area contributed by atoms with Gasteiger partial charge < -0.3 is 10.6 Å².